The number of fused-ring (bicyclic) bond motifs is 1. The first-order valence-corrected chi connectivity index (χ1v) is 18.0. The van der Waals surface area contributed by atoms with Crippen LogP contribution in [0.15, 0.2) is 64.2 Å². The van der Waals surface area contributed by atoms with E-state index in [4.69, 9.17) is 10.8 Å². The summed E-state index contributed by atoms with van der Waals surface area (Å²) in [6.45, 7) is 1.54. The average Bonchev–Trinajstić information content (AvgIpc) is 3.67. The molecular formula is C38H51N7O2. The number of benzene rings is 2. The molecular weight excluding hydrogens is 586 g/mol. The predicted octanol–water partition coefficient (Wildman–Crippen LogP) is 6.68. The van der Waals surface area contributed by atoms with Crippen LogP contribution in [-0.4, -0.2) is 31.5 Å². The van der Waals surface area contributed by atoms with Gasteiger partial charge in [-0.3, -0.25) is 13.9 Å². The van der Waals surface area contributed by atoms with Crippen molar-refractivity contribution in [1.82, 2.24) is 24.2 Å². The zero-order valence-electron chi connectivity index (χ0n) is 27.9. The Morgan fingerprint density at radius 3 is 2.28 bits per heavy atom. The number of anilines is 2. The van der Waals surface area contributed by atoms with Crippen LogP contribution in [-0.2, 0) is 13.6 Å². The van der Waals surface area contributed by atoms with E-state index < -0.39 is 0 Å². The molecule has 3 fully saturated rings. The molecule has 4 N–H and O–H groups in total. The molecule has 47 heavy (non-hydrogen) atoms. The second-order valence-corrected chi connectivity index (χ2v) is 14.6. The third kappa shape index (κ3) is 6.57. The Morgan fingerprint density at radius 2 is 1.60 bits per heavy atom. The van der Waals surface area contributed by atoms with E-state index in [9.17, 15) is 9.59 Å². The molecule has 2 aromatic heterocycles. The summed E-state index contributed by atoms with van der Waals surface area (Å²) in [5.41, 5.74) is 9.92. The van der Waals surface area contributed by atoms with E-state index >= 15 is 0 Å². The van der Waals surface area contributed by atoms with Crippen LogP contribution in [0.1, 0.15) is 113 Å². The lowest BCUT2D eigenvalue weighted by molar-refractivity contribution is 0.125. The first-order valence-electron chi connectivity index (χ1n) is 18.0. The molecule has 3 aliphatic rings. The normalized spacial score (nSPS) is 23.7. The highest BCUT2D eigenvalue weighted by molar-refractivity contribution is 5.89. The Balaban J connectivity index is 1.20. The van der Waals surface area contributed by atoms with Gasteiger partial charge in [0.2, 0.25) is 0 Å². The quantitative estimate of drug-likeness (QED) is 0.218. The van der Waals surface area contributed by atoms with E-state index in [0.717, 1.165) is 37.1 Å². The van der Waals surface area contributed by atoms with Crippen LogP contribution in [0.4, 0.5) is 11.5 Å². The van der Waals surface area contributed by atoms with E-state index in [1.54, 1.807) is 11.6 Å². The summed E-state index contributed by atoms with van der Waals surface area (Å²) in [7, 11) is 1.55. The molecule has 3 heterocycles. The molecule has 2 aromatic carbocycles. The number of nitrogens with two attached hydrogens (primary N) is 1. The van der Waals surface area contributed by atoms with Crippen LogP contribution in [0.25, 0.3) is 11.0 Å². The summed E-state index contributed by atoms with van der Waals surface area (Å²) < 4.78 is 4.72. The molecule has 7 rings (SSSR count). The van der Waals surface area contributed by atoms with Gasteiger partial charge in [0.25, 0.3) is 5.56 Å². The highest BCUT2D eigenvalue weighted by Gasteiger charge is 2.36. The van der Waals surface area contributed by atoms with Gasteiger partial charge in [-0.15, -0.1) is 0 Å². The average molecular weight is 638 g/mol. The number of rotatable bonds is 6. The van der Waals surface area contributed by atoms with Crippen molar-refractivity contribution in [3.63, 3.8) is 0 Å². The fourth-order valence-electron chi connectivity index (χ4n) is 8.66. The van der Waals surface area contributed by atoms with Crippen molar-refractivity contribution in [2.75, 3.05) is 11.9 Å². The molecule has 250 valence electrons. The van der Waals surface area contributed by atoms with Gasteiger partial charge in [0, 0.05) is 24.8 Å². The summed E-state index contributed by atoms with van der Waals surface area (Å²) in [6, 6.07) is 18.8. The largest absolute Gasteiger partial charge is 0.340 e. The lowest BCUT2D eigenvalue weighted by Crippen LogP contribution is -2.42. The fourth-order valence-corrected chi connectivity index (χ4v) is 8.66. The Kier molecular flexibility index (Phi) is 9.37. The van der Waals surface area contributed by atoms with Crippen molar-refractivity contribution in [3.8, 4) is 0 Å². The summed E-state index contributed by atoms with van der Waals surface area (Å²) in [5, 5.41) is 12.7. The van der Waals surface area contributed by atoms with Gasteiger partial charge >= 0.3 is 5.69 Å². The SMILES string of the molecule is Cn1c(=O)c2c(Nc3ccccc3)n(Cc3ccc(C4CC5(CCCCCCCCC5)CCN4)cc3)nc2n(C2CCCC2N)c1=O. The van der Waals surface area contributed by atoms with Gasteiger partial charge in [0.05, 0.1) is 12.6 Å². The molecule has 3 atom stereocenters. The van der Waals surface area contributed by atoms with E-state index in [2.05, 4.69) is 34.9 Å². The molecule has 1 spiro atoms. The smallest absolute Gasteiger partial charge is 0.332 e. The summed E-state index contributed by atoms with van der Waals surface area (Å²) in [4.78, 5) is 27.3. The molecule has 0 amide bonds. The first kappa shape index (κ1) is 31.9. The second-order valence-electron chi connectivity index (χ2n) is 14.6. The molecule has 3 unspecified atom stereocenters. The lowest BCUT2D eigenvalue weighted by atomic mass is 9.68. The van der Waals surface area contributed by atoms with Gasteiger partial charge in [-0.25, -0.2) is 9.48 Å². The maximum Gasteiger partial charge on any atom is 0.332 e. The number of aromatic nitrogens is 4. The third-order valence-corrected chi connectivity index (χ3v) is 11.4. The van der Waals surface area contributed by atoms with Crippen molar-refractivity contribution in [2.45, 2.75) is 115 Å². The molecule has 2 aliphatic carbocycles. The topological polar surface area (TPSA) is 112 Å². The minimum Gasteiger partial charge on any atom is -0.340 e. The van der Waals surface area contributed by atoms with E-state index in [-0.39, 0.29) is 23.3 Å². The van der Waals surface area contributed by atoms with Crippen LogP contribution >= 0.6 is 0 Å². The van der Waals surface area contributed by atoms with Crippen molar-refractivity contribution < 1.29 is 0 Å². The highest BCUT2D eigenvalue weighted by atomic mass is 16.2. The fraction of sp³-hybridized carbons (Fsp3) is 0.553. The molecule has 0 bridgehead atoms. The summed E-state index contributed by atoms with van der Waals surface area (Å²) in [5.74, 6) is 0.586. The van der Waals surface area contributed by atoms with Crippen LogP contribution in [0.3, 0.4) is 0 Å². The standard InChI is InChI=1S/C38H51N7O2/c1-43-36(46)33-34(41-29-13-8-7-9-14-29)44(42-35(33)45(37(43)47)32-16-12-15-30(32)39)26-27-17-19-28(20-18-27)31-25-38(23-24-40-31)21-10-5-3-2-4-6-11-22-38/h7-9,13-14,17-20,30-32,40-41H,2-6,10-12,15-16,21-26,39H2,1H3. The summed E-state index contributed by atoms with van der Waals surface area (Å²) >= 11 is 0. The van der Waals surface area contributed by atoms with Crippen molar-refractivity contribution in [3.05, 3.63) is 86.6 Å². The maximum absolute atomic E-state index is 13.7. The number of hydrogen-bond acceptors (Lipinski definition) is 6. The van der Waals surface area contributed by atoms with E-state index in [1.165, 1.54) is 80.8 Å². The molecule has 0 radical (unpaired) electrons. The van der Waals surface area contributed by atoms with Crippen LogP contribution in [0, 0.1) is 5.41 Å². The third-order valence-electron chi connectivity index (χ3n) is 11.4. The van der Waals surface area contributed by atoms with Crippen molar-refractivity contribution in [2.24, 2.45) is 18.2 Å². The predicted molar refractivity (Wildman–Crippen MR) is 189 cm³/mol. The van der Waals surface area contributed by atoms with Gasteiger partial charge in [0.1, 0.15) is 11.2 Å². The van der Waals surface area contributed by atoms with Crippen LogP contribution in [0.2, 0.25) is 0 Å². The lowest BCUT2D eigenvalue weighted by Gasteiger charge is -2.43. The van der Waals surface area contributed by atoms with E-state index in [0.29, 0.717) is 34.9 Å². The van der Waals surface area contributed by atoms with Gasteiger partial charge in [0.15, 0.2) is 5.65 Å². The molecule has 4 aromatic rings. The molecule has 9 nitrogen and oxygen atoms in total. The zero-order chi connectivity index (χ0) is 32.4. The van der Waals surface area contributed by atoms with Gasteiger partial charge in [-0.1, -0.05) is 87.4 Å². The van der Waals surface area contributed by atoms with E-state index in [1.807, 2.05) is 35.0 Å². The molecule has 9 heteroatoms. The zero-order valence-corrected chi connectivity index (χ0v) is 27.9. The monoisotopic (exact) mass is 637 g/mol. The maximum atomic E-state index is 13.7. The highest BCUT2D eigenvalue weighted by Crippen LogP contribution is 2.45. The van der Waals surface area contributed by atoms with Gasteiger partial charge in [-0.05, 0) is 80.2 Å². The Labute approximate surface area is 277 Å². The number of nitrogens with one attached hydrogen (secondary N) is 2. The molecule has 1 aliphatic heterocycles. The second kappa shape index (κ2) is 13.8. The minimum absolute atomic E-state index is 0.152. The number of para-hydroxylation sites is 1. The van der Waals surface area contributed by atoms with Gasteiger partial charge < -0.3 is 16.4 Å². The molecule has 1 saturated heterocycles. The molecule has 2 saturated carbocycles. The first-order chi connectivity index (χ1) is 22.9. The summed E-state index contributed by atoms with van der Waals surface area (Å²) in [6.07, 6.45) is 17.5. The van der Waals surface area contributed by atoms with Crippen LogP contribution < -0.4 is 27.6 Å². The Hall–Kier alpha value is -3.69. The minimum atomic E-state index is -0.363. The number of piperidine rings is 1. The number of hydrogen-bond donors (Lipinski definition) is 3. The number of nitrogens with zero attached hydrogens (tertiary/aromatic N) is 4. The Bertz CT molecular complexity index is 1780. The van der Waals surface area contributed by atoms with Crippen molar-refractivity contribution in [1.29, 1.82) is 0 Å². The van der Waals surface area contributed by atoms with Crippen molar-refractivity contribution >= 4 is 22.5 Å². The Morgan fingerprint density at radius 1 is 0.894 bits per heavy atom. The van der Waals surface area contributed by atoms with Gasteiger partial charge in [-0.2, -0.15) is 5.10 Å². The van der Waals surface area contributed by atoms with Crippen LogP contribution in [0.5, 0.6) is 0 Å².